The fraction of sp³-hybridized carbons (Fsp3) is 0.318. The van der Waals surface area contributed by atoms with Crippen molar-refractivity contribution in [2.24, 2.45) is 0 Å². The molecule has 0 radical (unpaired) electrons. The molecule has 10 heteroatoms. The van der Waals surface area contributed by atoms with Crippen molar-refractivity contribution in [3.63, 3.8) is 0 Å². The second-order valence-electron chi connectivity index (χ2n) is 7.51. The molecule has 0 N–H and O–H groups in total. The molecular formula is C22H26N4O5S. The first-order valence-electron chi connectivity index (χ1n) is 9.90. The fourth-order valence-electron chi connectivity index (χ4n) is 3.02. The van der Waals surface area contributed by atoms with Crippen LogP contribution in [0.1, 0.15) is 18.4 Å². The number of aromatic nitrogens is 2. The Bertz CT molecular complexity index is 1190. The number of ether oxygens (including phenoxy) is 1. The van der Waals surface area contributed by atoms with Gasteiger partial charge in [-0.1, -0.05) is 29.4 Å². The van der Waals surface area contributed by atoms with Gasteiger partial charge in [0.2, 0.25) is 21.7 Å². The van der Waals surface area contributed by atoms with Crippen LogP contribution in [0.5, 0.6) is 5.75 Å². The molecule has 170 valence electrons. The molecule has 32 heavy (non-hydrogen) atoms. The van der Waals surface area contributed by atoms with Gasteiger partial charge in [0.25, 0.3) is 5.91 Å². The molecule has 0 saturated heterocycles. The van der Waals surface area contributed by atoms with Crippen molar-refractivity contribution in [1.82, 2.24) is 15.0 Å². The minimum absolute atomic E-state index is 0.142. The first-order valence-corrected chi connectivity index (χ1v) is 11.8. The van der Waals surface area contributed by atoms with Gasteiger partial charge < -0.3 is 14.2 Å². The first-order chi connectivity index (χ1) is 15.1. The highest BCUT2D eigenvalue weighted by molar-refractivity contribution is 7.92. The molecule has 0 spiro atoms. The molecular weight excluding hydrogens is 432 g/mol. The van der Waals surface area contributed by atoms with E-state index in [9.17, 15) is 13.2 Å². The van der Waals surface area contributed by atoms with Gasteiger partial charge in [-0.25, -0.2) is 8.42 Å². The molecule has 3 rings (SSSR count). The van der Waals surface area contributed by atoms with Crippen LogP contribution in [0.3, 0.4) is 0 Å². The van der Waals surface area contributed by atoms with Crippen molar-refractivity contribution in [3.05, 3.63) is 60.0 Å². The van der Waals surface area contributed by atoms with E-state index in [2.05, 4.69) is 10.1 Å². The number of benzene rings is 2. The van der Waals surface area contributed by atoms with E-state index in [1.54, 1.807) is 38.2 Å². The number of nitrogens with zero attached hydrogens (tertiary/aromatic N) is 4. The van der Waals surface area contributed by atoms with Crippen molar-refractivity contribution in [2.75, 3.05) is 24.7 Å². The van der Waals surface area contributed by atoms with Crippen LogP contribution >= 0.6 is 0 Å². The second kappa shape index (κ2) is 9.39. The number of hydrogen-bond donors (Lipinski definition) is 0. The molecule has 1 amide bonds. The van der Waals surface area contributed by atoms with Crippen LogP contribution in [0, 0.1) is 6.92 Å². The summed E-state index contributed by atoms with van der Waals surface area (Å²) in [4.78, 5) is 18.5. The predicted molar refractivity (Wildman–Crippen MR) is 121 cm³/mol. The number of likely N-dealkylation sites (N-methyl/N-ethyl adjacent to an activating group) is 1. The van der Waals surface area contributed by atoms with Crippen LogP contribution in [-0.2, 0) is 21.4 Å². The van der Waals surface area contributed by atoms with Gasteiger partial charge in [-0.3, -0.25) is 9.10 Å². The largest absolute Gasteiger partial charge is 0.481 e. The quantitative estimate of drug-likeness (QED) is 0.511. The van der Waals surface area contributed by atoms with Crippen LogP contribution in [0.2, 0.25) is 0 Å². The third-order valence-electron chi connectivity index (χ3n) is 4.96. The van der Waals surface area contributed by atoms with Gasteiger partial charge in [0.05, 0.1) is 18.5 Å². The number of sulfonamides is 1. The molecule has 0 fully saturated rings. The maximum absolute atomic E-state index is 12.7. The molecule has 0 aliphatic rings. The summed E-state index contributed by atoms with van der Waals surface area (Å²) in [5.41, 5.74) is 2.40. The van der Waals surface area contributed by atoms with Crippen molar-refractivity contribution in [2.45, 2.75) is 26.5 Å². The van der Waals surface area contributed by atoms with E-state index >= 15 is 0 Å². The lowest BCUT2D eigenvalue weighted by Crippen LogP contribution is -2.37. The lowest BCUT2D eigenvalue weighted by Gasteiger charge is -2.21. The lowest BCUT2D eigenvalue weighted by molar-refractivity contribution is -0.137. The SMILES string of the molecule is Cc1ccccc1-c1noc(CN(C)C(=O)C(C)Oc2ccc(N(C)S(C)(=O)=O)cc2)n1. The average Bonchev–Trinajstić information content (AvgIpc) is 3.21. The molecule has 1 aromatic heterocycles. The normalized spacial score (nSPS) is 12.3. The number of anilines is 1. The van der Waals surface area contributed by atoms with Crippen molar-refractivity contribution >= 4 is 21.6 Å². The molecule has 0 aliphatic heterocycles. The number of rotatable bonds is 8. The average molecular weight is 459 g/mol. The summed E-state index contributed by atoms with van der Waals surface area (Å²) >= 11 is 0. The Morgan fingerprint density at radius 1 is 1.12 bits per heavy atom. The molecule has 0 bridgehead atoms. The maximum atomic E-state index is 12.7. The summed E-state index contributed by atoms with van der Waals surface area (Å²) in [6.45, 7) is 3.75. The second-order valence-corrected chi connectivity index (χ2v) is 9.52. The minimum atomic E-state index is -3.35. The van der Waals surface area contributed by atoms with Crippen molar-refractivity contribution in [3.8, 4) is 17.1 Å². The van der Waals surface area contributed by atoms with Gasteiger partial charge in [-0.2, -0.15) is 4.98 Å². The summed E-state index contributed by atoms with van der Waals surface area (Å²) in [5, 5.41) is 4.01. The molecule has 0 saturated carbocycles. The van der Waals surface area contributed by atoms with Crippen molar-refractivity contribution < 1.29 is 22.5 Å². The van der Waals surface area contributed by atoms with Crippen LogP contribution in [0.4, 0.5) is 5.69 Å². The van der Waals surface area contributed by atoms with Crippen LogP contribution < -0.4 is 9.04 Å². The molecule has 2 aromatic carbocycles. The Balaban J connectivity index is 1.61. The molecule has 9 nitrogen and oxygen atoms in total. The Morgan fingerprint density at radius 3 is 2.41 bits per heavy atom. The van der Waals surface area contributed by atoms with Crippen LogP contribution in [0.25, 0.3) is 11.4 Å². The number of carbonyl (C=O) groups is 1. The predicted octanol–water partition coefficient (Wildman–Crippen LogP) is 2.87. The highest BCUT2D eigenvalue weighted by Crippen LogP contribution is 2.22. The summed E-state index contributed by atoms with van der Waals surface area (Å²) in [6, 6.07) is 14.2. The van der Waals surface area contributed by atoms with E-state index in [1.165, 1.54) is 11.9 Å². The third-order valence-corrected chi connectivity index (χ3v) is 6.17. The van der Waals surface area contributed by atoms with E-state index in [4.69, 9.17) is 9.26 Å². The number of carbonyl (C=O) groups excluding carboxylic acids is 1. The summed E-state index contributed by atoms with van der Waals surface area (Å²) < 4.78 is 35.5. The highest BCUT2D eigenvalue weighted by Gasteiger charge is 2.22. The zero-order valence-corrected chi connectivity index (χ0v) is 19.5. The first kappa shape index (κ1) is 23.3. The van der Waals surface area contributed by atoms with E-state index < -0.39 is 16.1 Å². The number of aryl methyl sites for hydroxylation is 1. The zero-order chi connectivity index (χ0) is 23.5. The van der Waals surface area contributed by atoms with Gasteiger partial charge in [0.15, 0.2) is 6.10 Å². The topological polar surface area (TPSA) is 106 Å². The number of hydrogen-bond acceptors (Lipinski definition) is 7. The monoisotopic (exact) mass is 458 g/mol. The molecule has 1 heterocycles. The van der Waals surface area contributed by atoms with Gasteiger partial charge in [0.1, 0.15) is 5.75 Å². The Labute approximate surface area is 187 Å². The van der Waals surface area contributed by atoms with Crippen LogP contribution in [-0.4, -0.2) is 55.8 Å². The standard InChI is InChI=1S/C22H26N4O5S/c1-15-8-6-7-9-19(15)21-23-20(31-24-21)14-25(3)22(27)16(2)30-18-12-10-17(11-13-18)26(4)32(5,28)29/h6-13,16H,14H2,1-5H3. The number of amides is 1. The van der Waals surface area contributed by atoms with E-state index in [0.29, 0.717) is 23.2 Å². The summed E-state index contributed by atoms with van der Waals surface area (Å²) in [7, 11) is -0.257. The lowest BCUT2D eigenvalue weighted by atomic mass is 10.1. The smallest absolute Gasteiger partial charge is 0.263 e. The van der Waals surface area contributed by atoms with Gasteiger partial charge in [0, 0.05) is 19.7 Å². The van der Waals surface area contributed by atoms with E-state index in [0.717, 1.165) is 21.7 Å². The fourth-order valence-corrected chi connectivity index (χ4v) is 3.53. The third kappa shape index (κ3) is 5.44. The van der Waals surface area contributed by atoms with Crippen molar-refractivity contribution in [1.29, 1.82) is 0 Å². The van der Waals surface area contributed by atoms with Gasteiger partial charge in [-0.05, 0) is 43.7 Å². The van der Waals surface area contributed by atoms with E-state index in [-0.39, 0.29) is 12.5 Å². The minimum Gasteiger partial charge on any atom is -0.481 e. The Morgan fingerprint density at radius 2 is 1.78 bits per heavy atom. The molecule has 1 atom stereocenters. The van der Waals surface area contributed by atoms with E-state index in [1.807, 2.05) is 31.2 Å². The maximum Gasteiger partial charge on any atom is 0.263 e. The Hall–Kier alpha value is -3.40. The summed E-state index contributed by atoms with van der Waals surface area (Å²) in [5.74, 6) is 0.976. The molecule has 1 unspecified atom stereocenters. The summed E-state index contributed by atoms with van der Waals surface area (Å²) in [6.07, 6.45) is 0.360. The molecule has 3 aromatic rings. The van der Waals surface area contributed by atoms with Crippen LogP contribution in [0.15, 0.2) is 53.1 Å². The zero-order valence-electron chi connectivity index (χ0n) is 18.6. The van der Waals surface area contributed by atoms with Gasteiger partial charge in [-0.15, -0.1) is 0 Å². The van der Waals surface area contributed by atoms with Gasteiger partial charge >= 0.3 is 0 Å². The Kier molecular flexibility index (Phi) is 6.83. The molecule has 0 aliphatic carbocycles. The highest BCUT2D eigenvalue weighted by atomic mass is 32.2.